The van der Waals surface area contributed by atoms with Crippen molar-refractivity contribution in [1.29, 1.82) is 0 Å². The molecule has 0 aliphatic carbocycles. The van der Waals surface area contributed by atoms with Crippen LogP contribution >= 0.6 is 0 Å². The van der Waals surface area contributed by atoms with Crippen LogP contribution in [0.25, 0.3) is 22.2 Å². The van der Waals surface area contributed by atoms with E-state index in [1.807, 2.05) is 24.3 Å². The second-order valence-corrected chi connectivity index (χ2v) is 7.91. The Labute approximate surface area is 178 Å². The Morgan fingerprint density at radius 1 is 0.967 bits per heavy atom. The lowest BCUT2D eigenvalue weighted by atomic mass is 10.1. The number of benzene rings is 2. The Balaban J connectivity index is 1.48. The summed E-state index contributed by atoms with van der Waals surface area (Å²) in [5.41, 5.74) is 10.6. The van der Waals surface area contributed by atoms with Gasteiger partial charge < -0.3 is 24.7 Å². The molecule has 0 amide bonds. The van der Waals surface area contributed by atoms with Gasteiger partial charge in [0.15, 0.2) is 0 Å². The summed E-state index contributed by atoms with van der Waals surface area (Å²) in [6.45, 7) is 9.14. The van der Waals surface area contributed by atoms with Gasteiger partial charge in [0.25, 0.3) is 0 Å². The number of anilines is 1. The van der Waals surface area contributed by atoms with Gasteiger partial charge in [0, 0.05) is 56.3 Å². The Morgan fingerprint density at radius 3 is 2.33 bits per heavy atom. The summed E-state index contributed by atoms with van der Waals surface area (Å²) in [5, 5.41) is 1.06. The molecule has 0 spiro atoms. The maximum Gasteiger partial charge on any atom is 0.120 e. The minimum atomic E-state index is 0.709. The van der Waals surface area contributed by atoms with Gasteiger partial charge in [-0.2, -0.15) is 0 Å². The van der Waals surface area contributed by atoms with Crippen LogP contribution in [0.5, 0.6) is 11.5 Å². The number of piperazine rings is 1. The summed E-state index contributed by atoms with van der Waals surface area (Å²) in [5.74, 6) is 1.73. The van der Waals surface area contributed by atoms with E-state index in [9.17, 15) is 0 Å². The predicted octanol–water partition coefficient (Wildman–Crippen LogP) is 3.55. The molecule has 3 aromatic rings. The van der Waals surface area contributed by atoms with E-state index >= 15 is 0 Å². The number of ether oxygens (including phenoxy) is 2. The molecule has 1 fully saturated rings. The minimum absolute atomic E-state index is 0.709. The normalized spacial score (nSPS) is 15.6. The molecule has 2 N–H and O–H groups in total. The van der Waals surface area contributed by atoms with Crippen molar-refractivity contribution in [3.63, 3.8) is 0 Å². The second kappa shape index (κ2) is 8.98. The van der Waals surface area contributed by atoms with E-state index < -0.39 is 0 Å². The van der Waals surface area contributed by atoms with Gasteiger partial charge in [0.1, 0.15) is 18.1 Å². The summed E-state index contributed by atoms with van der Waals surface area (Å²) in [7, 11) is 3.86. The van der Waals surface area contributed by atoms with Crippen molar-refractivity contribution >= 4 is 16.6 Å². The maximum absolute atomic E-state index is 6.55. The van der Waals surface area contributed by atoms with Crippen molar-refractivity contribution in [2.45, 2.75) is 13.5 Å². The molecule has 1 aromatic heterocycles. The predicted molar refractivity (Wildman–Crippen MR) is 123 cm³/mol. The molecule has 0 radical (unpaired) electrons. The second-order valence-electron chi connectivity index (χ2n) is 7.91. The SMILES string of the molecule is CCn1c(-c2ccc(OCCN3CCN(C)CC3)cc2)c(N)c2ccc(OC)cc21. The Morgan fingerprint density at radius 2 is 1.67 bits per heavy atom. The molecular formula is C24H32N4O2. The van der Waals surface area contributed by atoms with Gasteiger partial charge in [-0.05, 0) is 50.4 Å². The van der Waals surface area contributed by atoms with E-state index in [1.165, 1.54) is 0 Å². The highest BCUT2D eigenvalue weighted by Gasteiger charge is 2.17. The standard InChI is InChI=1S/C24H32N4O2/c1-4-28-22-17-20(29-3)9-10-21(22)23(25)24(28)18-5-7-19(8-6-18)30-16-15-27-13-11-26(2)12-14-27/h5-10,17H,4,11-16,25H2,1-3H3. The molecule has 4 rings (SSSR count). The molecule has 1 aliphatic rings. The molecule has 0 saturated carbocycles. The van der Waals surface area contributed by atoms with Crippen LogP contribution in [0, 0.1) is 0 Å². The number of nitrogens with two attached hydrogens (primary N) is 1. The number of fused-ring (bicyclic) bond motifs is 1. The lowest BCUT2D eigenvalue weighted by Gasteiger charge is -2.32. The molecule has 0 bridgehead atoms. The molecule has 2 aromatic carbocycles. The fraction of sp³-hybridized carbons (Fsp3) is 0.417. The highest BCUT2D eigenvalue weighted by molar-refractivity contribution is 6.01. The molecule has 0 atom stereocenters. The van der Waals surface area contributed by atoms with Crippen LogP contribution in [0.1, 0.15) is 6.92 Å². The van der Waals surface area contributed by atoms with E-state index in [-0.39, 0.29) is 0 Å². The molecule has 160 valence electrons. The third-order valence-corrected chi connectivity index (χ3v) is 6.03. The number of hydrogen-bond acceptors (Lipinski definition) is 5. The van der Waals surface area contributed by atoms with Crippen molar-refractivity contribution in [3.05, 3.63) is 42.5 Å². The zero-order valence-corrected chi connectivity index (χ0v) is 18.2. The van der Waals surface area contributed by atoms with Crippen molar-refractivity contribution < 1.29 is 9.47 Å². The molecule has 2 heterocycles. The topological polar surface area (TPSA) is 55.9 Å². The van der Waals surface area contributed by atoms with Crippen molar-refractivity contribution in [1.82, 2.24) is 14.4 Å². The number of aryl methyl sites for hydroxylation is 1. The third kappa shape index (κ3) is 4.11. The van der Waals surface area contributed by atoms with Crippen molar-refractivity contribution in [2.24, 2.45) is 0 Å². The highest BCUT2D eigenvalue weighted by atomic mass is 16.5. The highest BCUT2D eigenvalue weighted by Crippen LogP contribution is 2.38. The number of likely N-dealkylation sites (N-methyl/N-ethyl adjacent to an activating group) is 1. The van der Waals surface area contributed by atoms with Gasteiger partial charge in [0.05, 0.1) is 24.0 Å². The first-order valence-corrected chi connectivity index (χ1v) is 10.7. The fourth-order valence-corrected chi connectivity index (χ4v) is 4.20. The molecule has 0 unspecified atom stereocenters. The zero-order valence-electron chi connectivity index (χ0n) is 18.2. The number of nitrogens with zero attached hydrogens (tertiary/aromatic N) is 3. The lowest BCUT2D eigenvalue weighted by molar-refractivity contribution is 0.134. The van der Waals surface area contributed by atoms with E-state index in [4.69, 9.17) is 15.2 Å². The maximum atomic E-state index is 6.55. The first-order valence-electron chi connectivity index (χ1n) is 10.7. The molecule has 1 aliphatic heterocycles. The van der Waals surface area contributed by atoms with Crippen molar-refractivity contribution in [2.75, 3.05) is 59.2 Å². The average Bonchev–Trinajstić information content (AvgIpc) is 3.06. The van der Waals surface area contributed by atoms with Crippen LogP contribution in [0.4, 0.5) is 5.69 Å². The summed E-state index contributed by atoms with van der Waals surface area (Å²) in [6, 6.07) is 14.3. The molecular weight excluding hydrogens is 376 g/mol. The first kappa shape index (κ1) is 20.6. The number of rotatable bonds is 7. The zero-order chi connectivity index (χ0) is 21.1. The van der Waals surface area contributed by atoms with Crippen molar-refractivity contribution in [3.8, 4) is 22.8 Å². The Bertz CT molecular complexity index is 989. The van der Waals surface area contributed by atoms with E-state index in [0.29, 0.717) is 6.61 Å². The molecule has 30 heavy (non-hydrogen) atoms. The minimum Gasteiger partial charge on any atom is -0.497 e. The fourth-order valence-electron chi connectivity index (χ4n) is 4.20. The summed E-state index contributed by atoms with van der Waals surface area (Å²) in [4.78, 5) is 4.83. The Hall–Kier alpha value is -2.70. The number of aromatic nitrogens is 1. The number of nitrogen functional groups attached to an aromatic ring is 1. The summed E-state index contributed by atoms with van der Waals surface area (Å²) >= 11 is 0. The van der Waals surface area contributed by atoms with Crippen LogP contribution in [0.3, 0.4) is 0 Å². The lowest BCUT2D eigenvalue weighted by Crippen LogP contribution is -2.45. The van der Waals surface area contributed by atoms with Gasteiger partial charge in [-0.25, -0.2) is 0 Å². The van der Waals surface area contributed by atoms with Crippen LogP contribution in [0.15, 0.2) is 42.5 Å². The van der Waals surface area contributed by atoms with E-state index in [0.717, 1.165) is 78.6 Å². The van der Waals surface area contributed by atoms with Gasteiger partial charge in [-0.3, -0.25) is 4.90 Å². The Kier molecular flexibility index (Phi) is 6.16. The van der Waals surface area contributed by atoms with E-state index in [1.54, 1.807) is 7.11 Å². The van der Waals surface area contributed by atoms with Crippen LogP contribution in [-0.2, 0) is 6.54 Å². The summed E-state index contributed by atoms with van der Waals surface area (Å²) in [6.07, 6.45) is 0. The molecule has 6 heteroatoms. The smallest absolute Gasteiger partial charge is 0.120 e. The third-order valence-electron chi connectivity index (χ3n) is 6.03. The molecule has 1 saturated heterocycles. The largest absolute Gasteiger partial charge is 0.497 e. The van der Waals surface area contributed by atoms with Crippen LogP contribution in [0.2, 0.25) is 0 Å². The van der Waals surface area contributed by atoms with Gasteiger partial charge in [-0.1, -0.05) is 0 Å². The van der Waals surface area contributed by atoms with E-state index in [2.05, 4.69) is 46.5 Å². The quantitative estimate of drug-likeness (QED) is 0.648. The first-order chi connectivity index (χ1) is 14.6. The number of methoxy groups -OCH3 is 1. The number of hydrogen-bond donors (Lipinski definition) is 1. The summed E-state index contributed by atoms with van der Waals surface area (Å²) < 4.78 is 13.6. The van der Waals surface area contributed by atoms with Gasteiger partial charge in [0.2, 0.25) is 0 Å². The monoisotopic (exact) mass is 408 g/mol. The van der Waals surface area contributed by atoms with Gasteiger partial charge in [-0.15, -0.1) is 0 Å². The average molecular weight is 409 g/mol. The molecule has 6 nitrogen and oxygen atoms in total. The van der Waals surface area contributed by atoms with Gasteiger partial charge >= 0.3 is 0 Å². The van der Waals surface area contributed by atoms with Crippen LogP contribution in [-0.4, -0.2) is 67.9 Å². The van der Waals surface area contributed by atoms with Crippen LogP contribution < -0.4 is 15.2 Å².